The van der Waals surface area contributed by atoms with Crippen LogP contribution >= 0.6 is 0 Å². The van der Waals surface area contributed by atoms with Crippen LogP contribution in [0.1, 0.15) is 72.1 Å². The van der Waals surface area contributed by atoms with Crippen molar-refractivity contribution in [2.24, 2.45) is 0 Å². The third-order valence-corrected chi connectivity index (χ3v) is 9.45. The minimum absolute atomic E-state index is 0.0743. The summed E-state index contributed by atoms with van der Waals surface area (Å²) in [5, 5.41) is 20.6. The molecular formula is C42H40O20. The van der Waals surface area contributed by atoms with Gasteiger partial charge in [-0.15, -0.1) is 0 Å². The third kappa shape index (κ3) is 11.0. The fourth-order valence-electron chi connectivity index (χ4n) is 6.26. The molecule has 20 heteroatoms. The largest absolute Gasteiger partial charge is 0.480 e. The highest BCUT2D eigenvalue weighted by atomic mass is 16.8. The maximum Gasteiger partial charge on any atom is 0.348 e. The molecule has 2 atom stereocenters. The molecule has 1 saturated carbocycles. The summed E-state index contributed by atoms with van der Waals surface area (Å²) in [4.78, 5) is 99.8. The fourth-order valence-corrected chi connectivity index (χ4v) is 6.26. The second kappa shape index (κ2) is 18.8. The number of hydrogen-bond donors (Lipinski definition) is 2. The van der Waals surface area contributed by atoms with Gasteiger partial charge in [0.1, 0.15) is 28.4 Å². The Kier molecular flexibility index (Phi) is 13.8. The average Bonchev–Trinajstić information content (AvgIpc) is 3.18. The highest BCUT2D eigenvalue weighted by Gasteiger charge is 2.57. The Balaban J connectivity index is 1.11. The van der Waals surface area contributed by atoms with Crippen LogP contribution in [0.3, 0.4) is 0 Å². The van der Waals surface area contributed by atoms with Crippen molar-refractivity contribution in [1.82, 2.24) is 0 Å². The number of allylic oxidation sites excluding steroid dienone is 8. The predicted octanol–water partition coefficient (Wildman–Crippen LogP) is 3.61. The number of esters is 8. The van der Waals surface area contributed by atoms with Gasteiger partial charge in [-0.05, 0) is 31.2 Å². The van der Waals surface area contributed by atoms with E-state index in [2.05, 4.69) is 4.74 Å². The Morgan fingerprint density at radius 2 is 0.984 bits per heavy atom. The summed E-state index contributed by atoms with van der Waals surface area (Å²) in [6.45, 7) is 4.51. The molecule has 62 heavy (non-hydrogen) atoms. The maximum atomic E-state index is 12.9. The summed E-state index contributed by atoms with van der Waals surface area (Å²) in [5.74, 6) is -15.5. The fraction of sp³-hybridized carbons (Fsp3) is 0.381. The Morgan fingerprint density at radius 1 is 0.597 bits per heavy atom. The van der Waals surface area contributed by atoms with E-state index in [0.717, 1.165) is 24.3 Å². The number of carbonyl (C=O) groups excluding carboxylic acids is 8. The molecule has 20 nitrogen and oxygen atoms in total. The molecule has 4 aliphatic heterocycles. The zero-order chi connectivity index (χ0) is 45.3. The van der Waals surface area contributed by atoms with Crippen molar-refractivity contribution in [1.29, 1.82) is 0 Å². The van der Waals surface area contributed by atoms with Crippen molar-refractivity contribution in [3.63, 3.8) is 0 Å². The minimum atomic E-state index is -1.73. The third-order valence-electron chi connectivity index (χ3n) is 9.45. The lowest BCUT2D eigenvalue weighted by molar-refractivity contribution is -0.291. The van der Waals surface area contributed by atoms with Crippen molar-refractivity contribution in [2.45, 2.75) is 95.3 Å². The quantitative estimate of drug-likeness (QED) is 0.0668. The van der Waals surface area contributed by atoms with Gasteiger partial charge in [0.05, 0.1) is 19.4 Å². The van der Waals surface area contributed by atoms with Gasteiger partial charge in [0.25, 0.3) is 35.0 Å². The van der Waals surface area contributed by atoms with Crippen LogP contribution in [0.5, 0.6) is 0 Å². The average molecular weight is 865 g/mol. The highest BCUT2D eigenvalue weighted by molar-refractivity contribution is 6.16. The summed E-state index contributed by atoms with van der Waals surface area (Å²) < 4.78 is 52.2. The molecular weight excluding hydrogens is 824 g/mol. The van der Waals surface area contributed by atoms with Crippen LogP contribution in [0.2, 0.25) is 0 Å². The standard InChI is InChI=1S/C42H40O20/c1-5-53-29(43)17-19-39(3)55-31(45)25(32(46)56-39)13-9-7-11-15-27-35(49)59-41(60-36(27)50)21-23-42(24-22-41)61-37(51)28(38(52)62-42)16-12-8-10-14-26-33(47)57-40(4,58-34(26)48)20-18-30(44)54-6-2/h1,7-16,45,47H,6,17-24H2,2-4H3. The maximum absolute atomic E-state index is 12.9. The van der Waals surface area contributed by atoms with E-state index < -0.39 is 93.9 Å². The van der Waals surface area contributed by atoms with Gasteiger partial charge in [-0.2, -0.15) is 0 Å². The molecule has 2 saturated heterocycles. The van der Waals surface area contributed by atoms with Crippen molar-refractivity contribution in [2.75, 3.05) is 6.61 Å². The molecule has 0 aromatic heterocycles. The molecule has 1 aliphatic carbocycles. The van der Waals surface area contributed by atoms with Crippen LogP contribution < -0.4 is 0 Å². The molecule has 3 fully saturated rings. The van der Waals surface area contributed by atoms with Gasteiger partial charge in [0.15, 0.2) is 0 Å². The van der Waals surface area contributed by atoms with E-state index in [-0.39, 0.29) is 69.1 Å². The van der Waals surface area contributed by atoms with E-state index in [9.17, 15) is 48.6 Å². The van der Waals surface area contributed by atoms with E-state index in [0.29, 0.717) is 0 Å². The minimum Gasteiger partial charge on any atom is -0.480 e. The van der Waals surface area contributed by atoms with Crippen LogP contribution in [0.25, 0.3) is 0 Å². The molecule has 5 rings (SSSR count). The van der Waals surface area contributed by atoms with Gasteiger partial charge in [-0.1, -0.05) is 42.9 Å². The molecule has 2 spiro atoms. The lowest BCUT2D eigenvalue weighted by atomic mass is 9.87. The van der Waals surface area contributed by atoms with Gasteiger partial charge in [0.2, 0.25) is 0 Å². The van der Waals surface area contributed by atoms with Crippen LogP contribution in [0.15, 0.2) is 94.9 Å². The van der Waals surface area contributed by atoms with E-state index >= 15 is 0 Å². The van der Waals surface area contributed by atoms with Gasteiger partial charge in [-0.25, -0.2) is 28.8 Å². The van der Waals surface area contributed by atoms with Crippen molar-refractivity contribution >= 4 is 47.8 Å². The summed E-state index contributed by atoms with van der Waals surface area (Å²) in [5.41, 5.74) is -1.63. The Bertz CT molecular complexity index is 2170. The van der Waals surface area contributed by atoms with E-state index in [1.807, 2.05) is 0 Å². The Labute approximate surface area is 352 Å². The number of rotatable bonds is 13. The smallest absolute Gasteiger partial charge is 0.348 e. The molecule has 2 unspecified atom stereocenters. The molecule has 0 aromatic rings. The molecule has 0 radical (unpaired) electrons. The van der Waals surface area contributed by atoms with Crippen molar-refractivity contribution < 1.29 is 95.9 Å². The van der Waals surface area contributed by atoms with Crippen molar-refractivity contribution in [3.05, 3.63) is 94.9 Å². The normalized spacial score (nSPS) is 27.6. The van der Waals surface area contributed by atoms with E-state index in [1.165, 1.54) is 50.3 Å². The lowest BCUT2D eigenvalue weighted by Gasteiger charge is -2.45. The molecule has 5 aliphatic rings. The topological polar surface area (TPSA) is 269 Å². The first-order valence-corrected chi connectivity index (χ1v) is 18.9. The first-order chi connectivity index (χ1) is 29.3. The SMILES string of the molecule is C#COC(=O)CCC1(C)OC(=O)C(C=CC=CC=C2C(=O)OC3(CCC4(CC3)OC(=O)C(=CC=CC=CC3=C(O)OC(C)(CCC(=O)OCC)OC3=O)C(=O)O4)OC2=O)=C(O)O1. The number of aliphatic hydroxyl groups excluding tert-OH is 2. The molecule has 2 N–H and O–H groups in total. The lowest BCUT2D eigenvalue weighted by Crippen LogP contribution is -2.56. The van der Waals surface area contributed by atoms with Crippen LogP contribution in [0.4, 0.5) is 0 Å². The van der Waals surface area contributed by atoms with E-state index in [1.54, 1.807) is 13.0 Å². The van der Waals surface area contributed by atoms with Gasteiger partial charge < -0.3 is 57.6 Å². The van der Waals surface area contributed by atoms with Crippen molar-refractivity contribution in [3.8, 4) is 12.5 Å². The second-order valence-corrected chi connectivity index (χ2v) is 14.1. The Morgan fingerprint density at radius 3 is 1.34 bits per heavy atom. The van der Waals surface area contributed by atoms with E-state index in [4.69, 9.17) is 49.1 Å². The predicted molar refractivity (Wildman–Crippen MR) is 202 cm³/mol. The second-order valence-electron chi connectivity index (χ2n) is 14.1. The number of ether oxygens (including phenoxy) is 10. The summed E-state index contributed by atoms with van der Waals surface area (Å²) >= 11 is 0. The summed E-state index contributed by atoms with van der Waals surface area (Å²) in [6.07, 6.45) is 17.4. The highest BCUT2D eigenvalue weighted by Crippen LogP contribution is 2.45. The first kappa shape index (κ1) is 45.5. The number of hydrogen-bond acceptors (Lipinski definition) is 20. The molecule has 4 heterocycles. The number of cyclic esters (lactones) is 2. The summed E-state index contributed by atoms with van der Waals surface area (Å²) in [6, 6.07) is 0. The zero-order valence-corrected chi connectivity index (χ0v) is 33.5. The summed E-state index contributed by atoms with van der Waals surface area (Å²) in [7, 11) is 0. The Hall–Kier alpha value is -7.56. The number of aliphatic hydroxyl groups is 2. The van der Waals surface area contributed by atoms with Crippen LogP contribution in [0, 0.1) is 12.5 Å². The number of terminal acetylenes is 1. The molecule has 328 valence electrons. The zero-order valence-electron chi connectivity index (χ0n) is 33.5. The molecule has 0 aromatic carbocycles. The molecule has 0 bridgehead atoms. The molecule has 0 amide bonds. The monoisotopic (exact) mass is 864 g/mol. The first-order valence-electron chi connectivity index (χ1n) is 18.9. The van der Waals surface area contributed by atoms with Gasteiger partial charge in [-0.3, -0.25) is 9.59 Å². The van der Waals surface area contributed by atoms with Crippen LogP contribution in [-0.2, 0) is 85.7 Å². The van der Waals surface area contributed by atoms with Gasteiger partial charge >= 0.3 is 47.8 Å². The number of carbonyl (C=O) groups is 8. The van der Waals surface area contributed by atoms with Crippen LogP contribution in [-0.4, -0.2) is 87.7 Å². The van der Waals surface area contributed by atoms with Gasteiger partial charge in [0, 0.05) is 52.4 Å².